The third-order valence-electron chi connectivity index (χ3n) is 2.91. The van der Waals surface area contributed by atoms with Crippen molar-refractivity contribution >= 4 is 11.6 Å². The lowest BCUT2D eigenvalue weighted by Crippen LogP contribution is -2.10. The Morgan fingerprint density at radius 3 is 3.00 bits per heavy atom. The van der Waals surface area contributed by atoms with Gasteiger partial charge in [-0.3, -0.25) is 0 Å². The highest BCUT2D eigenvalue weighted by Crippen LogP contribution is 2.28. The summed E-state index contributed by atoms with van der Waals surface area (Å²) in [7, 11) is 0. The molecule has 0 spiro atoms. The van der Waals surface area contributed by atoms with Crippen molar-refractivity contribution in [2.24, 2.45) is 0 Å². The molecule has 13 heavy (non-hydrogen) atoms. The van der Waals surface area contributed by atoms with Crippen LogP contribution in [0.2, 0.25) is 0 Å². The van der Waals surface area contributed by atoms with E-state index in [1.54, 1.807) is 0 Å². The molecular weight excluding hydrogens is 184 g/mol. The number of alkyl halides is 1. The van der Waals surface area contributed by atoms with Crippen LogP contribution < -0.4 is 0 Å². The second-order valence-corrected chi connectivity index (χ2v) is 4.63. The van der Waals surface area contributed by atoms with Crippen molar-refractivity contribution in [1.82, 2.24) is 0 Å². The Balaban J connectivity index is 1.85. The number of halogens is 1. The molecule has 2 unspecified atom stereocenters. The van der Waals surface area contributed by atoms with Crippen LogP contribution in [0.4, 0.5) is 0 Å². The molecule has 0 bridgehead atoms. The molecule has 0 aromatic carbocycles. The summed E-state index contributed by atoms with van der Waals surface area (Å²) in [5.41, 5.74) is 1.53. The van der Waals surface area contributed by atoms with Gasteiger partial charge in [0.15, 0.2) is 0 Å². The van der Waals surface area contributed by atoms with Crippen LogP contribution in [0.5, 0.6) is 0 Å². The molecule has 1 aliphatic carbocycles. The van der Waals surface area contributed by atoms with E-state index in [9.17, 15) is 0 Å². The predicted octanol–water partition coefficient (Wildman–Crippen LogP) is 3.27. The number of ether oxygens (including phenoxy) is 1. The van der Waals surface area contributed by atoms with E-state index in [2.05, 4.69) is 6.08 Å². The lowest BCUT2D eigenvalue weighted by molar-refractivity contribution is 0.110. The first-order valence-corrected chi connectivity index (χ1v) is 5.73. The van der Waals surface area contributed by atoms with Crippen molar-refractivity contribution in [3.8, 4) is 0 Å². The average Bonchev–Trinajstić information content (AvgIpc) is 2.57. The molecule has 0 saturated carbocycles. The monoisotopic (exact) mass is 200 g/mol. The van der Waals surface area contributed by atoms with Crippen LogP contribution in [-0.4, -0.2) is 18.1 Å². The zero-order chi connectivity index (χ0) is 9.10. The number of hydrogen-bond donors (Lipinski definition) is 0. The minimum Gasteiger partial charge on any atom is -0.378 e. The van der Waals surface area contributed by atoms with Crippen LogP contribution in [0.3, 0.4) is 0 Å². The van der Waals surface area contributed by atoms with Gasteiger partial charge in [0.1, 0.15) is 0 Å². The topological polar surface area (TPSA) is 9.23 Å². The first-order chi connectivity index (χ1) is 6.34. The maximum atomic E-state index is 6.08. The Labute approximate surface area is 85.1 Å². The molecule has 0 N–H and O–H groups in total. The molecule has 0 amide bonds. The fourth-order valence-electron chi connectivity index (χ4n) is 2.21. The Bertz CT molecular complexity index is 194. The summed E-state index contributed by atoms with van der Waals surface area (Å²) >= 11 is 6.08. The molecule has 2 aliphatic rings. The lowest BCUT2D eigenvalue weighted by atomic mass is 9.94. The van der Waals surface area contributed by atoms with Crippen molar-refractivity contribution in [3.63, 3.8) is 0 Å². The fourth-order valence-corrected chi connectivity index (χ4v) is 2.55. The SMILES string of the molecule is ClC1C=C(CC2CCCO2)CCC1. The molecule has 1 nitrogen and oxygen atoms in total. The number of hydrogen-bond acceptors (Lipinski definition) is 1. The molecule has 2 atom stereocenters. The average molecular weight is 201 g/mol. The third kappa shape index (κ3) is 2.72. The summed E-state index contributed by atoms with van der Waals surface area (Å²) in [5, 5.41) is 0.283. The van der Waals surface area contributed by atoms with E-state index in [1.165, 1.54) is 31.3 Å². The van der Waals surface area contributed by atoms with Crippen molar-refractivity contribution in [2.75, 3.05) is 6.61 Å². The fraction of sp³-hybridized carbons (Fsp3) is 0.818. The molecule has 0 aromatic rings. The van der Waals surface area contributed by atoms with Crippen LogP contribution in [-0.2, 0) is 4.74 Å². The smallest absolute Gasteiger partial charge is 0.0613 e. The molecule has 1 saturated heterocycles. The number of allylic oxidation sites excluding steroid dienone is 1. The van der Waals surface area contributed by atoms with Crippen molar-refractivity contribution in [1.29, 1.82) is 0 Å². The maximum Gasteiger partial charge on any atom is 0.0613 e. The van der Waals surface area contributed by atoms with Crippen LogP contribution in [0.15, 0.2) is 11.6 Å². The Morgan fingerprint density at radius 1 is 1.38 bits per heavy atom. The van der Waals surface area contributed by atoms with Gasteiger partial charge in [0, 0.05) is 6.61 Å². The first kappa shape index (κ1) is 9.54. The standard InChI is InChI=1S/C11H17ClO/c12-10-4-1-3-9(7-10)8-11-5-2-6-13-11/h7,10-11H,1-6,8H2. The van der Waals surface area contributed by atoms with Gasteiger partial charge in [-0.05, 0) is 38.5 Å². The first-order valence-electron chi connectivity index (χ1n) is 5.30. The normalized spacial score (nSPS) is 34.7. The number of rotatable bonds is 2. The van der Waals surface area contributed by atoms with Crippen LogP contribution in [0.1, 0.15) is 38.5 Å². The second kappa shape index (κ2) is 4.47. The van der Waals surface area contributed by atoms with Gasteiger partial charge in [-0.15, -0.1) is 11.6 Å². The van der Waals surface area contributed by atoms with E-state index in [4.69, 9.17) is 16.3 Å². The lowest BCUT2D eigenvalue weighted by Gasteiger charge is -2.18. The van der Waals surface area contributed by atoms with E-state index < -0.39 is 0 Å². The summed E-state index contributed by atoms with van der Waals surface area (Å²) in [6.07, 6.45) is 9.99. The van der Waals surface area contributed by atoms with Crippen molar-refractivity contribution in [3.05, 3.63) is 11.6 Å². The predicted molar refractivity (Wildman–Crippen MR) is 55.2 cm³/mol. The van der Waals surface area contributed by atoms with E-state index >= 15 is 0 Å². The van der Waals surface area contributed by atoms with Gasteiger partial charge in [0.25, 0.3) is 0 Å². The highest BCUT2D eigenvalue weighted by atomic mass is 35.5. The van der Waals surface area contributed by atoms with Crippen molar-refractivity contribution in [2.45, 2.75) is 50.0 Å². The van der Waals surface area contributed by atoms with Crippen LogP contribution >= 0.6 is 11.6 Å². The largest absolute Gasteiger partial charge is 0.378 e. The molecule has 74 valence electrons. The quantitative estimate of drug-likeness (QED) is 0.491. The summed E-state index contributed by atoms with van der Waals surface area (Å²) in [4.78, 5) is 0. The van der Waals surface area contributed by atoms with E-state index in [0.717, 1.165) is 19.4 Å². The molecule has 0 radical (unpaired) electrons. The summed E-state index contributed by atoms with van der Waals surface area (Å²) in [6, 6.07) is 0. The highest BCUT2D eigenvalue weighted by molar-refractivity contribution is 6.21. The molecule has 0 aromatic heterocycles. The van der Waals surface area contributed by atoms with Crippen LogP contribution in [0.25, 0.3) is 0 Å². The van der Waals surface area contributed by atoms with Gasteiger partial charge in [-0.2, -0.15) is 0 Å². The second-order valence-electron chi connectivity index (χ2n) is 4.07. The highest BCUT2D eigenvalue weighted by Gasteiger charge is 2.19. The van der Waals surface area contributed by atoms with Gasteiger partial charge >= 0.3 is 0 Å². The molecule has 1 heterocycles. The van der Waals surface area contributed by atoms with E-state index in [0.29, 0.717) is 6.10 Å². The minimum absolute atomic E-state index is 0.283. The third-order valence-corrected chi connectivity index (χ3v) is 3.25. The summed E-state index contributed by atoms with van der Waals surface area (Å²) < 4.78 is 5.61. The van der Waals surface area contributed by atoms with Gasteiger partial charge in [0.05, 0.1) is 11.5 Å². The molecule has 2 rings (SSSR count). The molecule has 1 fully saturated rings. The van der Waals surface area contributed by atoms with E-state index in [-0.39, 0.29) is 5.38 Å². The van der Waals surface area contributed by atoms with Crippen LogP contribution in [0, 0.1) is 0 Å². The van der Waals surface area contributed by atoms with Crippen molar-refractivity contribution < 1.29 is 4.74 Å². The molecular formula is C11H17ClO. The molecule has 2 heteroatoms. The van der Waals surface area contributed by atoms with Gasteiger partial charge in [0.2, 0.25) is 0 Å². The maximum absolute atomic E-state index is 6.08. The Hall–Kier alpha value is -0.0100. The summed E-state index contributed by atoms with van der Waals surface area (Å²) in [5.74, 6) is 0. The zero-order valence-electron chi connectivity index (χ0n) is 7.97. The van der Waals surface area contributed by atoms with Gasteiger partial charge < -0.3 is 4.74 Å². The Kier molecular flexibility index (Phi) is 3.28. The zero-order valence-corrected chi connectivity index (χ0v) is 8.72. The van der Waals surface area contributed by atoms with E-state index in [1.807, 2.05) is 0 Å². The van der Waals surface area contributed by atoms with Gasteiger partial charge in [-0.25, -0.2) is 0 Å². The van der Waals surface area contributed by atoms with Gasteiger partial charge in [-0.1, -0.05) is 11.6 Å². The summed E-state index contributed by atoms with van der Waals surface area (Å²) in [6.45, 7) is 0.961. The molecule has 1 aliphatic heterocycles. The minimum atomic E-state index is 0.283. The Morgan fingerprint density at radius 2 is 2.31 bits per heavy atom.